The summed E-state index contributed by atoms with van der Waals surface area (Å²) in [6, 6.07) is 0. The second kappa shape index (κ2) is 10.6. The van der Waals surface area contributed by atoms with Gasteiger partial charge in [0.15, 0.2) is 0 Å². The van der Waals surface area contributed by atoms with Crippen LogP contribution in [0.1, 0.15) is 12.8 Å². The normalized spacial score (nSPS) is 10.7. The number of alkyl halides is 3. The van der Waals surface area contributed by atoms with Crippen LogP contribution in [-0.2, 0) is 14.4 Å². The van der Waals surface area contributed by atoms with E-state index in [9.17, 15) is 22.8 Å². The van der Waals surface area contributed by atoms with Crippen molar-refractivity contribution in [3.63, 3.8) is 0 Å². The second-order valence-electron chi connectivity index (χ2n) is 3.48. The molecule has 0 aromatic carbocycles. The van der Waals surface area contributed by atoms with Crippen LogP contribution in [0.4, 0.5) is 13.2 Å². The van der Waals surface area contributed by atoms with Crippen molar-refractivity contribution < 1.29 is 48.7 Å². The zero-order valence-electron chi connectivity index (χ0n) is 10.8. The van der Waals surface area contributed by atoms with Gasteiger partial charge in [0.25, 0.3) is 5.91 Å². The van der Waals surface area contributed by atoms with E-state index in [1.165, 1.54) is 0 Å². The van der Waals surface area contributed by atoms with E-state index in [-0.39, 0.29) is 6.54 Å². The molecule has 0 fully saturated rings. The van der Waals surface area contributed by atoms with Gasteiger partial charge >= 0.3 is 12.1 Å². The Bertz CT molecular complexity index is 383. The number of quaternary nitrogens is 1. The molecule has 0 radical (unpaired) electrons. The first-order valence-corrected chi connectivity index (χ1v) is 5.51. The average Bonchev–Trinajstić information content (AvgIpc) is 2.35. The summed E-state index contributed by atoms with van der Waals surface area (Å²) in [4.78, 5) is 29.8. The average molecular weight is 316 g/mol. The third kappa shape index (κ3) is 14.1. The van der Waals surface area contributed by atoms with E-state index in [1.54, 1.807) is 0 Å². The highest BCUT2D eigenvalue weighted by molar-refractivity contribution is 5.93. The van der Waals surface area contributed by atoms with E-state index in [0.717, 1.165) is 19.0 Å². The van der Waals surface area contributed by atoms with E-state index < -0.39 is 24.0 Å². The first-order chi connectivity index (χ1) is 9.52. The minimum absolute atomic E-state index is 0.193. The molecule has 0 atom stereocenters. The molecule has 1 amide bonds. The number of carbonyl (C=O) groups excluding carboxylic acids is 2. The molecule has 0 bridgehead atoms. The Morgan fingerprint density at radius 2 is 1.67 bits per heavy atom. The number of aliphatic carboxylic acids is 2. The lowest BCUT2D eigenvalue weighted by molar-refractivity contribution is -0.368. The van der Waals surface area contributed by atoms with Gasteiger partial charge in [-0.1, -0.05) is 0 Å². The fraction of sp³-hybridized carbons (Fsp3) is 0.500. The summed E-state index contributed by atoms with van der Waals surface area (Å²) in [5.41, 5.74) is 3.61. The van der Waals surface area contributed by atoms with Crippen molar-refractivity contribution in [1.29, 1.82) is 0 Å². The first-order valence-electron chi connectivity index (χ1n) is 5.51. The van der Waals surface area contributed by atoms with Gasteiger partial charge in [-0.3, -0.25) is 10.0 Å². The molecule has 21 heavy (non-hydrogen) atoms. The van der Waals surface area contributed by atoms with Gasteiger partial charge in [-0.25, -0.2) is 9.86 Å². The minimum atomic E-state index is -5.19. The standard InChI is InChI=1S/C8H14N2O4.C2HF3O2/c9-5-1-2-6-10(14)7(11)3-4-8(12)13;3-2(4,5)1(6)7/h3-4,14H,1-2,5-6,9H2,(H,12,13);(H,6,7)/b4-3+;. The largest absolute Gasteiger partial charge is 0.542 e. The predicted molar refractivity (Wildman–Crippen MR) is 58.3 cm³/mol. The van der Waals surface area contributed by atoms with Gasteiger partial charge in [0.1, 0.15) is 5.97 Å². The highest BCUT2D eigenvalue weighted by Gasteiger charge is 2.28. The maximum atomic E-state index is 11.0. The number of nitrogens with zero attached hydrogens (tertiary/aromatic N) is 1. The smallest absolute Gasteiger partial charge is 0.430 e. The topological polar surface area (TPSA) is 146 Å². The Morgan fingerprint density at radius 3 is 2.00 bits per heavy atom. The van der Waals surface area contributed by atoms with Gasteiger partial charge in [-0.05, 0) is 12.8 Å². The molecule has 0 rings (SSSR count). The molecule has 0 saturated heterocycles. The number of amides is 1. The molecular weight excluding hydrogens is 301 g/mol. The molecule has 0 aliphatic carbocycles. The molecule has 8 nitrogen and oxygen atoms in total. The van der Waals surface area contributed by atoms with Crippen molar-refractivity contribution in [3.8, 4) is 0 Å². The van der Waals surface area contributed by atoms with E-state index in [1.807, 2.05) is 0 Å². The van der Waals surface area contributed by atoms with Gasteiger partial charge in [0.2, 0.25) is 0 Å². The van der Waals surface area contributed by atoms with Crippen molar-refractivity contribution in [1.82, 2.24) is 5.06 Å². The second-order valence-corrected chi connectivity index (χ2v) is 3.48. The molecule has 0 unspecified atom stereocenters. The molecule has 122 valence electrons. The molecule has 0 spiro atoms. The van der Waals surface area contributed by atoms with E-state index >= 15 is 0 Å². The van der Waals surface area contributed by atoms with Gasteiger partial charge < -0.3 is 20.7 Å². The SMILES string of the molecule is O=C([O-])C(F)(F)F.[NH3+]CCCCN(O)C(=O)/C=C/C(=O)O. The summed E-state index contributed by atoms with van der Waals surface area (Å²) < 4.78 is 31.5. The Hall–Kier alpha value is -2.14. The maximum Gasteiger partial charge on any atom is 0.430 e. The Labute approximate surface area is 117 Å². The van der Waals surface area contributed by atoms with Crippen LogP contribution in [0, 0.1) is 0 Å². The highest BCUT2D eigenvalue weighted by Crippen LogP contribution is 2.11. The van der Waals surface area contributed by atoms with Crippen LogP contribution in [0.15, 0.2) is 12.2 Å². The molecule has 0 heterocycles. The molecule has 0 aliphatic rings. The van der Waals surface area contributed by atoms with Crippen LogP contribution < -0.4 is 10.8 Å². The molecule has 0 aliphatic heterocycles. The molecule has 11 heteroatoms. The quantitative estimate of drug-likeness (QED) is 0.227. The van der Waals surface area contributed by atoms with Gasteiger partial charge in [0.05, 0.1) is 6.54 Å². The molecular formula is C10H15F3N2O6. The summed E-state index contributed by atoms with van der Waals surface area (Å²) in [7, 11) is 0. The monoisotopic (exact) mass is 316 g/mol. The number of hydrogen-bond donors (Lipinski definition) is 3. The van der Waals surface area contributed by atoms with Crippen molar-refractivity contribution in [2.24, 2.45) is 0 Å². The summed E-state index contributed by atoms with van der Waals surface area (Å²) >= 11 is 0. The summed E-state index contributed by atoms with van der Waals surface area (Å²) in [6.45, 7) is 0.936. The van der Waals surface area contributed by atoms with Crippen LogP contribution in [0.3, 0.4) is 0 Å². The molecule has 5 N–H and O–H groups in total. The van der Waals surface area contributed by atoms with Crippen LogP contribution >= 0.6 is 0 Å². The lowest BCUT2D eigenvalue weighted by Gasteiger charge is -2.11. The molecule has 0 aromatic rings. The van der Waals surface area contributed by atoms with Crippen LogP contribution in [0.5, 0.6) is 0 Å². The third-order valence-corrected chi connectivity index (χ3v) is 1.72. The zero-order valence-corrected chi connectivity index (χ0v) is 10.8. The Kier molecular flexibility index (Phi) is 10.7. The van der Waals surface area contributed by atoms with Crippen LogP contribution in [-0.4, -0.2) is 52.5 Å². The molecule has 0 aromatic heterocycles. The predicted octanol–water partition coefficient (Wildman–Crippen LogP) is -1.83. The fourth-order valence-corrected chi connectivity index (χ4v) is 0.777. The van der Waals surface area contributed by atoms with Gasteiger partial charge in [0, 0.05) is 18.7 Å². The van der Waals surface area contributed by atoms with Crippen LogP contribution in [0.2, 0.25) is 0 Å². The van der Waals surface area contributed by atoms with Crippen molar-refractivity contribution in [2.45, 2.75) is 19.0 Å². The van der Waals surface area contributed by atoms with E-state index in [2.05, 4.69) is 5.73 Å². The minimum Gasteiger partial charge on any atom is -0.542 e. The number of hydroxylamine groups is 2. The Morgan fingerprint density at radius 1 is 1.19 bits per heavy atom. The lowest BCUT2D eigenvalue weighted by Crippen LogP contribution is -2.50. The van der Waals surface area contributed by atoms with Crippen molar-refractivity contribution in [3.05, 3.63) is 12.2 Å². The van der Waals surface area contributed by atoms with E-state index in [0.29, 0.717) is 17.6 Å². The number of hydrogen-bond acceptors (Lipinski definition) is 5. The third-order valence-electron chi connectivity index (χ3n) is 1.72. The Balaban J connectivity index is 0. The first kappa shape index (κ1) is 21.2. The number of carboxylic acid groups (broad SMARTS) is 2. The maximum absolute atomic E-state index is 11.0. The number of unbranched alkanes of at least 4 members (excludes halogenated alkanes) is 1. The van der Waals surface area contributed by atoms with E-state index in [4.69, 9.17) is 20.2 Å². The number of carboxylic acids is 2. The number of rotatable bonds is 6. The fourth-order valence-electron chi connectivity index (χ4n) is 0.777. The number of carbonyl (C=O) groups is 3. The lowest BCUT2D eigenvalue weighted by atomic mass is 10.3. The molecule has 0 saturated carbocycles. The summed E-state index contributed by atoms with van der Waals surface area (Å²) in [5.74, 6) is -4.95. The summed E-state index contributed by atoms with van der Waals surface area (Å²) in [6.07, 6.45) is -2.24. The highest BCUT2D eigenvalue weighted by atomic mass is 19.4. The number of halogens is 3. The van der Waals surface area contributed by atoms with Crippen LogP contribution in [0.25, 0.3) is 0 Å². The van der Waals surface area contributed by atoms with Crippen molar-refractivity contribution in [2.75, 3.05) is 13.1 Å². The van der Waals surface area contributed by atoms with Gasteiger partial charge in [-0.15, -0.1) is 0 Å². The van der Waals surface area contributed by atoms with Gasteiger partial charge in [-0.2, -0.15) is 13.2 Å². The summed E-state index contributed by atoms with van der Waals surface area (Å²) in [5, 5.41) is 26.6. The van der Waals surface area contributed by atoms with Crippen molar-refractivity contribution >= 4 is 17.8 Å². The zero-order chi connectivity index (χ0) is 17.1.